The van der Waals surface area contributed by atoms with E-state index < -0.39 is 5.54 Å². The summed E-state index contributed by atoms with van der Waals surface area (Å²) in [5.41, 5.74) is 0.566. The van der Waals surface area contributed by atoms with Crippen LogP contribution in [0.2, 0.25) is 0 Å². The van der Waals surface area contributed by atoms with Crippen LogP contribution in [0.3, 0.4) is 0 Å². The zero-order valence-electron chi connectivity index (χ0n) is 11.0. The van der Waals surface area contributed by atoms with E-state index in [0.29, 0.717) is 6.19 Å². The first-order valence-corrected chi connectivity index (χ1v) is 6.49. The maximum absolute atomic E-state index is 10.4. The molecule has 0 aliphatic heterocycles. The molecule has 1 aromatic rings. The molecule has 2 N–H and O–H groups in total. The van der Waals surface area contributed by atoms with Gasteiger partial charge in [-0.1, -0.05) is 30.3 Å². The zero-order valence-corrected chi connectivity index (χ0v) is 11.0. The summed E-state index contributed by atoms with van der Waals surface area (Å²) in [5.74, 6) is 0. The van der Waals surface area contributed by atoms with E-state index in [-0.39, 0.29) is 12.1 Å². The Hall–Kier alpha value is -1.64. The highest BCUT2D eigenvalue weighted by atomic mass is 16.1. The lowest BCUT2D eigenvalue weighted by Crippen LogP contribution is -2.67. The van der Waals surface area contributed by atoms with Gasteiger partial charge in [0.25, 0.3) is 7.41 Å². The summed E-state index contributed by atoms with van der Waals surface area (Å²) in [6.45, 7) is 2.05. The second-order valence-corrected chi connectivity index (χ2v) is 4.92. The van der Waals surface area contributed by atoms with Crippen molar-refractivity contribution in [2.24, 2.45) is 0 Å². The number of nitrogens with one attached hydrogen (secondary N) is 2. The molecule has 0 spiro atoms. The Morgan fingerprint density at radius 1 is 1.53 bits per heavy atom. The predicted octanol–water partition coefficient (Wildman–Crippen LogP) is 1.16. The number of hydrogen-bond donors (Lipinski definition) is 2. The number of carbonyl (C=O) groups is 1. The Balaban J connectivity index is 2.03. The Morgan fingerprint density at radius 2 is 2.26 bits per heavy atom. The van der Waals surface area contributed by atoms with E-state index >= 15 is 0 Å². The third-order valence-corrected chi connectivity index (χ3v) is 3.76. The van der Waals surface area contributed by atoms with Gasteiger partial charge in [-0.2, -0.15) is 5.26 Å². The number of hydrogen-bond acceptors (Lipinski definition) is 4. The van der Waals surface area contributed by atoms with E-state index in [0.717, 1.165) is 18.4 Å². The maximum Gasteiger partial charge on any atom is 0.290 e. The van der Waals surface area contributed by atoms with Gasteiger partial charge < -0.3 is 10.0 Å². The molecule has 3 atom stereocenters. The van der Waals surface area contributed by atoms with Gasteiger partial charge in [-0.3, -0.25) is 5.32 Å². The van der Waals surface area contributed by atoms with Crippen LogP contribution in [-0.2, 0) is 4.79 Å². The van der Waals surface area contributed by atoms with E-state index in [9.17, 15) is 10.1 Å². The Morgan fingerprint density at radius 3 is 2.79 bits per heavy atom. The van der Waals surface area contributed by atoms with Crippen molar-refractivity contribution in [3.8, 4) is 6.07 Å². The van der Waals surface area contributed by atoms with Crippen molar-refractivity contribution in [3.63, 3.8) is 0 Å². The molecule has 19 heavy (non-hydrogen) atoms. The minimum absolute atomic E-state index is 0.00568. The average molecular weight is 254 g/mol. The van der Waals surface area contributed by atoms with Gasteiger partial charge in [0, 0.05) is 12.1 Å². The van der Waals surface area contributed by atoms with Gasteiger partial charge in [0.1, 0.15) is 5.54 Å². The molecule has 1 radical (unpaired) electrons. The van der Waals surface area contributed by atoms with Gasteiger partial charge in [0.2, 0.25) is 0 Å². The molecule has 0 amide bonds. The SMILES string of the molecule is CC(NC1(C#N)CCC1N[B]C=O)c1ccccc1. The number of nitrogens with zero attached hydrogens (tertiary/aromatic N) is 1. The van der Waals surface area contributed by atoms with Crippen LogP contribution in [0.1, 0.15) is 31.4 Å². The first-order valence-electron chi connectivity index (χ1n) is 6.49. The first kappa shape index (κ1) is 13.8. The molecular formula is C14H17BN3O. The van der Waals surface area contributed by atoms with Gasteiger partial charge in [0.05, 0.1) is 12.3 Å². The zero-order chi connectivity index (χ0) is 13.7. The van der Waals surface area contributed by atoms with Crippen LogP contribution in [0.5, 0.6) is 0 Å². The monoisotopic (exact) mass is 254 g/mol. The van der Waals surface area contributed by atoms with Gasteiger partial charge in [-0.25, -0.2) is 0 Å². The molecule has 0 bridgehead atoms. The van der Waals surface area contributed by atoms with Gasteiger partial charge >= 0.3 is 0 Å². The smallest absolute Gasteiger partial charge is 0.290 e. The third-order valence-electron chi connectivity index (χ3n) is 3.76. The Labute approximate surface area is 114 Å². The van der Waals surface area contributed by atoms with Crippen molar-refractivity contribution in [2.45, 2.75) is 37.4 Å². The number of rotatable bonds is 6. The molecule has 1 fully saturated rings. The summed E-state index contributed by atoms with van der Waals surface area (Å²) >= 11 is 0. The Kier molecular flexibility index (Phi) is 4.36. The summed E-state index contributed by atoms with van der Waals surface area (Å²) in [5, 5.41) is 15.8. The first-order chi connectivity index (χ1) is 9.22. The van der Waals surface area contributed by atoms with Crippen LogP contribution in [-0.4, -0.2) is 25.2 Å². The lowest BCUT2D eigenvalue weighted by Gasteiger charge is -2.47. The van der Waals surface area contributed by atoms with E-state index in [1.54, 1.807) is 0 Å². The van der Waals surface area contributed by atoms with Crippen LogP contribution in [0.25, 0.3) is 0 Å². The fourth-order valence-electron chi connectivity index (χ4n) is 2.51. The molecule has 2 rings (SSSR count). The number of nitriles is 1. The molecule has 0 aromatic heterocycles. The maximum atomic E-state index is 10.4. The number of benzene rings is 1. The van der Waals surface area contributed by atoms with E-state index in [1.807, 2.05) is 37.3 Å². The second-order valence-electron chi connectivity index (χ2n) is 4.92. The van der Waals surface area contributed by atoms with E-state index in [4.69, 9.17) is 0 Å². The van der Waals surface area contributed by atoms with E-state index in [1.165, 1.54) is 7.41 Å². The standard InChI is InChI=1S/C14H17BN3O/c1-11(12-5-3-2-4-6-12)17-14(9-16)8-7-13(14)18-15-10-19/h2-6,10-11,13,17-18H,7-8H2,1H3. The van der Waals surface area contributed by atoms with Gasteiger partial charge in [0.15, 0.2) is 0 Å². The molecule has 1 aliphatic carbocycles. The molecule has 97 valence electrons. The minimum Gasteiger partial charge on any atom is -0.349 e. The summed E-state index contributed by atoms with van der Waals surface area (Å²) < 4.78 is 0. The topological polar surface area (TPSA) is 64.9 Å². The molecule has 1 aromatic carbocycles. The molecular weight excluding hydrogens is 237 g/mol. The second kappa shape index (κ2) is 6.00. The van der Waals surface area contributed by atoms with Crippen LogP contribution in [0, 0.1) is 11.3 Å². The largest absolute Gasteiger partial charge is 0.349 e. The van der Waals surface area contributed by atoms with E-state index in [2.05, 4.69) is 16.6 Å². The van der Waals surface area contributed by atoms with Crippen molar-refractivity contribution in [3.05, 3.63) is 35.9 Å². The summed E-state index contributed by atoms with van der Waals surface area (Å²) in [6.07, 6.45) is 2.40. The highest BCUT2D eigenvalue weighted by Gasteiger charge is 2.47. The quantitative estimate of drug-likeness (QED) is 0.590. The molecule has 0 heterocycles. The lowest BCUT2D eigenvalue weighted by atomic mass is 9.70. The molecule has 1 aliphatic rings. The van der Waals surface area contributed by atoms with Gasteiger partial charge in [-0.05, 0) is 25.3 Å². The van der Waals surface area contributed by atoms with Crippen LogP contribution >= 0.6 is 0 Å². The summed E-state index contributed by atoms with van der Waals surface area (Å²) in [6, 6.07) is 12.5. The van der Waals surface area contributed by atoms with Crippen LogP contribution < -0.4 is 10.5 Å². The fourth-order valence-corrected chi connectivity index (χ4v) is 2.51. The third kappa shape index (κ3) is 2.86. The Bertz CT molecular complexity index is 473. The van der Waals surface area contributed by atoms with Crippen molar-refractivity contribution in [1.29, 1.82) is 5.26 Å². The summed E-state index contributed by atoms with van der Waals surface area (Å²) in [7, 11) is 1.37. The average Bonchev–Trinajstić information content (AvgIpc) is 2.44. The fraction of sp³-hybridized carbons (Fsp3) is 0.429. The van der Waals surface area contributed by atoms with Crippen molar-refractivity contribution < 1.29 is 4.79 Å². The number of carbonyl (C=O) groups excluding carboxylic acids is 1. The van der Waals surface area contributed by atoms with Crippen molar-refractivity contribution in [2.75, 3.05) is 0 Å². The highest BCUT2D eigenvalue weighted by molar-refractivity contribution is 6.64. The molecule has 4 nitrogen and oxygen atoms in total. The minimum atomic E-state index is -0.589. The van der Waals surface area contributed by atoms with Crippen LogP contribution in [0.4, 0.5) is 0 Å². The summed E-state index contributed by atoms with van der Waals surface area (Å²) in [4.78, 5) is 10.4. The molecule has 5 heteroatoms. The normalized spacial score (nSPS) is 26.8. The lowest BCUT2D eigenvalue weighted by molar-refractivity contribution is 0.177. The molecule has 0 saturated heterocycles. The highest BCUT2D eigenvalue weighted by Crippen LogP contribution is 2.34. The molecule has 3 unspecified atom stereocenters. The molecule has 1 saturated carbocycles. The predicted molar refractivity (Wildman–Crippen MR) is 75.0 cm³/mol. The van der Waals surface area contributed by atoms with Crippen LogP contribution in [0.15, 0.2) is 30.3 Å². The van der Waals surface area contributed by atoms with Crippen molar-refractivity contribution in [1.82, 2.24) is 10.5 Å². The van der Waals surface area contributed by atoms with Gasteiger partial charge in [-0.15, -0.1) is 0 Å². The van der Waals surface area contributed by atoms with Crippen molar-refractivity contribution >= 4 is 13.6 Å².